The van der Waals surface area contributed by atoms with Gasteiger partial charge in [-0.15, -0.1) is 0 Å². The molecule has 1 saturated carbocycles. The van der Waals surface area contributed by atoms with Gasteiger partial charge in [-0.1, -0.05) is 47.1 Å². The number of hydrogen-bond donors (Lipinski definition) is 0. The third-order valence-electron chi connectivity index (χ3n) is 6.02. The molecule has 0 bridgehead atoms. The minimum absolute atomic E-state index is 0.167. The van der Waals surface area contributed by atoms with Gasteiger partial charge in [0.2, 0.25) is 8.32 Å². The summed E-state index contributed by atoms with van der Waals surface area (Å²) in [5.41, 5.74) is 2.85. The highest BCUT2D eigenvalue weighted by atomic mass is 31.2. The second kappa shape index (κ2) is 11.9. The standard InChI is InChI=1S/C22H43O5PSi/c1-9-25-28(24,26-10-2)16-21(23)15-20-11-13-22(14-12-20)27-29(17(3)4,18(5)6)19(7)8/h15,17-19,22H,9-14,16H2,1-8H3. The lowest BCUT2D eigenvalue weighted by atomic mass is 9.92. The first-order valence-corrected chi connectivity index (χ1v) is 15.2. The van der Waals surface area contributed by atoms with Crippen molar-refractivity contribution < 1.29 is 22.8 Å². The molecule has 0 aromatic rings. The Kier molecular flexibility index (Phi) is 11.0. The first-order chi connectivity index (χ1) is 13.5. The topological polar surface area (TPSA) is 61.8 Å². The highest BCUT2D eigenvalue weighted by Crippen LogP contribution is 2.48. The molecule has 0 aliphatic heterocycles. The highest BCUT2D eigenvalue weighted by molar-refractivity contribution is 7.54. The normalized spacial score (nSPS) is 18.7. The van der Waals surface area contributed by atoms with E-state index in [2.05, 4.69) is 41.5 Å². The molecule has 0 saturated heterocycles. The molecule has 0 heterocycles. The van der Waals surface area contributed by atoms with E-state index in [1.165, 1.54) is 0 Å². The Labute approximate surface area is 179 Å². The first kappa shape index (κ1) is 26.8. The minimum atomic E-state index is -3.33. The maximum atomic E-state index is 12.6. The second-order valence-electron chi connectivity index (χ2n) is 9.01. The van der Waals surface area contributed by atoms with Gasteiger partial charge in [-0.05, 0) is 62.2 Å². The molecular formula is C22H43O5PSi. The molecule has 0 N–H and O–H groups in total. The summed E-state index contributed by atoms with van der Waals surface area (Å²) < 4.78 is 29.9. The Morgan fingerprint density at radius 3 is 1.83 bits per heavy atom. The van der Waals surface area contributed by atoms with Crippen molar-refractivity contribution in [2.45, 2.75) is 104 Å². The van der Waals surface area contributed by atoms with Gasteiger partial charge in [-0.25, -0.2) is 0 Å². The molecule has 0 atom stereocenters. The van der Waals surface area contributed by atoms with Crippen LogP contribution in [0.5, 0.6) is 0 Å². The molecule has 0 amide bonds. The van der Waals surface area contributed by atoms with Crippen LogP contribution in [0.1, 0.15) is 81.1 Å². The average molecular weight is 447 g/mol. The Bertz CT molecular complexity index is 558. The molecule has 0 radical (unpaired) electrons. The van der Waals surface area contributed by atoms with Gasteiger partial charge in [-0.3, -0.25) is 9.36 Å². The van der Waals surface area contributed by atoms with Crippen molar-refractivity contribution in [3.63, 3.8) is 0 Å². The zero-order chi connectivity index (χ0) is 22.2. The van der Waals surface area contributed by atoms with E-state index in [0.29, 0.717) is 16.6 Å². The van der Waals surface area contributed by atoms with E-state index < -0.39 is 15.9 Å². The van der Waals surface area contributed by atoms with Gasteiger partial charge in [0.1, 0.15) is 6.16 Å². The number of ketones is 1. The number of allylic oxidation sites excluding steroid dienone is 2. The molecule has 5 nitrogen and oxygen atoms in total. The van der Waals surface area contributed by atoms with E-state index in [1.807, 2.05) is 0 Å². The summed E-state index contributed by atoms with van der Waals surface area (Å²) in [5.74, 6) is -0.167. The molecular weight excluding hydrogens is 403 g/mol. The smallest absolute Gasteiger partial charge is 0.338 e. The number of carbonyl (C=O) groups is 1. The molecule has 1 fully saturated rings. The van der Waals surface area contributed by atoms with Crippen LogP contribution in [0.3, 0.4) is 0 Å². The largest absolute Gasteiger partial charge is 0.413 e. The van der Waals surface area contributed by atoms with Gasteiger partial charge in [0, 0.05) is 6.10 Å². The van der Waals surface area contributed by atoms with Crippen LogP contribution in [0.25, 0.3) is 0 Å². The SMILES string of the molecule is CCOP(=O)(CC(=O)C=C1CCC(O[Si](C(C)C)(C(C)C)C(C)C)CC1)OCC. The number of hydrogen-bond acceptors (Lipinski definition) is 5. The number of carbonyl (C=O) groups excluding carboxylic acids is 1. The van der Waals surface area contributed by atoms with Gasteiger partial charge >= 0.3 is 7.60 Å². The maximum absolute atomic E-state index is 12.6. The van der Waals surface area contributed by atoms with Gasteiger partial charge in [0.05, 0.1) is 13.2 Å². The quantitative estimate of drug-likeness (QED) is 0.186. The maximum Gasteiger partial charge on any atom is 0.338 e. The molecule has 0 aromatic carbocycles. The fourth-order valence-electron chi connectivity index (χ4n) is 4.91. The molecule has 0 unspecified atom stereocenters. The summed E-state index contributed by atoms with van der Waals surface area (Å²) in [5, 5.41) is 0. The predicted molar refractivity (Wildman–Crippen MR) is 123 cm³/mol. The predicted octanol–water partition coefficient (Wildman–Crippen LogP) is 6.88. The molecule has 7 heteroatoms. The molecule has 1 aliphatic rings. The molecule has 0 spiro atoms. The zero-order valence-electron chi connectivity index (χ0n) is 19.8. The summed E-state index contributed by atoms with van der Waals surface area (Å²) in [7, 11) is -5.21. The van der Waals surface area contributed by atoms with E-state index in [-0.39, 0.29) is 31.3 Å². The Morgan fingerprint density at radius 2 is 1.45 bits per heavy atom. The van der Waals surface area contributed by atoms with Gasteiger partial charge in [-0.2, -0.15) is 0 Å². The van der Waals surface area contributed by atoms with Crippen LogP contribution >= 0.6 is 7.60 Å². The Morgan fingerprint density at radius 1 is 1.00 bits per heavy atom. The third kappa shape index (κ3) is 7.43. The van der Waals surface area contributed by atoms with Gasteiger partial charge in [0.15, 0.2) is 5.78 Å². The molecule has 1 rings (SSSR count). The summed E-state index contributed by atoms with van der Waals surface area (Å²) in [4.78, 5) is 12.4. The van der Waals surface area contributed by atoms with E-state index >= 15 is 0 Å². The van der Waals surface area contributed by atoms with E-state index in [4.69, 9.17) is 13.5 Å². The third-order valence-corrected chi connectivity index (χ3v) is 14.2. The van der Waals surface area contributed by atoms with Crippen LogP contribution in [0, 0.1) is 0 Å². The van der Waals surface area contributed by atoms with Crippen LogP contribution in [-0.2, 0) is 22.8 Å². The van der Waals surface area contributed by atoms with Crippen molar-refractivity contribution in [3.05, 3.63) is 11.6 Å². The molecule has 0 aromatic heterocycles. The summed E-state index contributed by atoms with van der Waals surface area (Å²) in [6, 6.07) is 0. The van der Waals surface area contributed by atoms with E-state index in [1.54, 1.807) is 19.9 Å². The van der Waals surface area contributed by atoms with Crippen molar-refractivity contribution in [1.29, 1.82) is 0 Å². The van der Waals surface area contributed by atoms with Crippen molar-refractivity contribution >= 4 is 21.7 Å². The van der Waals surface area contributed by atoms with Crippen LogP contribution in [0.2, 0.25) is 16.6 Å². The van der Waals surface area contributed by atoms with E-state index in [9.17, 15) is 9.36 Å². The van der Waals surface area contributed by atoms with Crippen LogP contribution in [0.15, 0.2) is 11.6 Å². The van der Waals surface area contributed by atoms with Crippen LogP contribution < -0.4 is 0 Å². The summed E-state index contributed by atoms with van der Waals surface area (Å²) in [6.07, 6.45) is 5.40. The fraction of sp³-hybridized carbons (Fsp3) is 0.864. The summed E-state index contributed by atoms with van der Waals surface area (Å²) in [6.45, 7) is 17.9. The molecule has 170 valence electrons. The highest BCUT2D eigenvalue weighted by Gasteiger charge is 2.46. The van der Waals surface area contributed by atoms with Gasteiger partial charge in [0.25, 0.3) is 0 Å². The molecule has 29 heavy (non-hydrogen) atoms. The monoisotopic (exact) mass is 446 g/mol. The average Bonchev–Trinajstić information content (AvgIpc) is 2.60. The van der Waals surface area contributed by atoms with Crippen molar-refractivity contribution in [2.24, 2.45) is 0 Å². The fourth-order valence-corrected chi connectivity index (χ4v) is 12.1. The Hall–Kier alpha value is -0.263. The lowest BCUT2D eigenvalue weighted by Gasteiger charge is -2.45. The molecule has 1 aliphatic carbocycles. The lowest BCUT2D eigenvalue weighted by molar-refractivity contribution is -0.112. The lowest BCUT2D eigenvalue weighted by Crippen LogP contribution is -2.50. The van der Waals surface area contributed by atoms with Crippen LogP contribution in [-0.4, -0.2) is 39.6 Å². The van der Waals surface area contributed by atoms with E-state index in [0.717, 1.165) is 31.3 Å². The second-order valence-corrected chi connectivity index (χ2v) is 16.5. The minimum Gasteiger partial charge on any atom is -0.413 e. The van der Waals surface area contributed by atoms with Crippen molar-refractivity contribution in [2.75, 3.05) is 19.4 Å². The number of rotatable bonds is 12. The van der Waals surface area contributed by atoms with Crippen molar-refractivity contribution in [1.82, 2.24) is 0 Å². The first-order valence-electron chi connectivity index (χ1n) is 11.3. The summed E-state index contributed by atoms with van der Waals surface area (Å²) >= 11 is 0. The van der Waals surface area contributed by atoms with Gasteiger partial charge < -0.3 is 13.5 Å². The zero-order valence-corrected chi connectivity index (χ0v) is 21.7. The van der Waals surface area contributed by atoms with Crippen LogP contribution in [0.4, 0.5) is 0 Å². The Balaban J connectivity index is 2.73. The van der Waals surface area contributed by atoms with Crippen molar-refractivity contribution in [3.8, 4) is 0 Å².